The third-order valence-electron chi connectivity index (χ3n) is 5.10. The molecule has 0 unspecified atom stereocenters. The molecule has 36 heavy (non-hydrogen) atoms. The molecule has 0 radical (unpaired) electrons. The number of hydrogen-bond donors (Lipinski definition) is 2. The number of carbonyl (C=O) groups is 1. The van der Waals surface area contributed by atoms with Crippen molar-refractivity contribution >= 4 is 27.6 Å². The van der Waals surface area contributed by atoms with Crippen molar-refractivity contribution in [2.45, 2.75) is 11.4 Å². The van der Waals surface area contributed by atoms with Gasteiger partial charge in [0.25, 0.3) is 15.6 Å². The Morgan fingerprint density at radius 1 is 0.972 bits per heavy atom. The molecule has 2 N–H and O–H groups in total. The van der Waals surface area contributed by atoms with E-state index in [1.165, 1.54) is 49.1 Å². The topological polar surface area (TPSA) is 154 Å². The summed E-state index contributed by atoms with van der Waals surface area (Å²) in [5, 5.41) is 2.62. The Kier molecular flexibility index (Phi) is 6.04. The molecule has 13 heteroatoms. The molecule has 0 spiro atoms. The fraction of sp³-hybridized carbons (Fsp3) is 0.0870. The van der Waals surface area contributed by atoms with Gasteiger partial charge in [-0.15, -0.1) is 0 Å². The average molecular weight is 507 g/mol. The van der Waals surface area contributed by atoms with Crippen molar-refractivity contribution in [3.05, 3.63) is 83.7 Å². The number of nitrogens with one attached hydrogen (secondary N) is 2. The number of anilines is 2. The third-order valence-corrected chi connectivity index (χ3v) is 6.45. The van der Waals surface area contributed by atoms with Crippen LogP contribution in [0, 0.1) is 0 Å². The molecule has 1 amide bonds. The first-order valence-electron chi connectivity index (χ1n) is 10.5. The van der Waals surface area contributed by atoms with E-state index in [4.69, 9.17) is 9.47 Å². The smallest absolute Gasteiger partial charge is 0.264 e. The Balaban J connectivity index is 1.23. The zero-order valence-corrected chi connectivity index (χ0v) is 19.3. The summed E-state index contributed by atoms with van der Waals surface area (Å²) in [6, 6.07) is 13.6. The van der Waals surface area contributed by atoms with Gasteiger partial charge in [0.1, 0.15) is 6.54 Å². The second-order valence-corrected chi connectivity index (χ2v) is 9.24. The maximum atomic E-state index is 12.5. The van der Waals surface area contributed by atoms with E-state index in [9.17, 15) is 18.0 Å². The molecule has 182 valence electrons. The lowest BCUT2D eigenvalue weighted by Crippen LogP contribution is -2.27. The van der Waals surface area contributed by atoms with Crippen molar-refractivity contribution in [2.75, 3.05) is 16.8 Å². The summed E-state index contributed by atoms with van der Waals surface area (Å²) in [4.78, 5) is 36.9. The van der Waals surface area contributed by atoms with Crippen molar-refractivity contribution in [2.24, 2.45) is 0 Å². The molecule has 4 aromatic rings. The van der Waals surface area contributed by atoms with Crippen LogP contribution in [0.3, 0.4) is 0 Å². The fourth-order valence-electron chi connectivity index (χ4n) is 3.36. The number of carbonyl (C=O) groups excluding carboxylic acids is 1. The van der Waals surface area contributed by atoms with Crippen LogP contribution in [0.2, 0.25) is 0 Å². The van der Waals surface area contributed by atoms with E-state index in [0.29, 0.717) is 28.4 Å². The van der Waals surface area contributed by atoms with Crippen LogP contribution in [0.25, 0.3) is 11.3 Å². The van der Waals surface area contributed by atoms with E-state index < -0.39 is 21.5 Å². The number of rotatable bonds is 7. The number of sulfonamides is 1. The van der Waals surface area contributed by atoms with Gasteiger partial charge in [-0.1, -0.05) is 0 Å². The van der Waals surface area contributed by atoms with E-state index in [1.807, 2.05) is 0 Å². The summed E-state index contributed by atoms with van der Waals surface area (Å²) in [5.74, 6) is 0.649. The SMILES string of the molecule is O=C(Cn1cnc(-c2ccc3c(c2)OCO3)cc1=O)Nc1ccc(S(=O)(=O)Nc2ncccn2)cc1. The van der Waals surface area contributed by atoms with E-state index in [-0.39, 0.29) is 24.2 Å². The van der Waals surface area contributed by atoms with Gasteiger partial charge in [0.2, 0.25) is 18.6 Å². The Hall–Kier alpha value is -4.78. The van der Waals surface area contributed by atoms with Crippen molar-refractivity contribution in [3.8, 4) is 22.8 Å². The van der Waals surface area contributed by atoms with Crippen molar-refractivity contribution in [1.29, 1.82) is 0 Å². The van der Waals surface area contributed by atoms with Crippen molar-refractivity contribution in [1.82, 2.24) is 19.5 Å². The lowest BCUT2D eigenvalue weighted by molar-refractivity contribution is -0.116. The third kappa shape index (κ3) is 5.00. The number of fused-ring (bicyclic) bond motifs is 1. The van der Waals surface area contributed by atoms with E-state index in [0.717, 1.165) is 4.57 Å². The van der Waals surface area contributed by atoms with Crippen LogP contribution in [0.5, 0.6) is 11.5 Å². The zero-order chi connectivity index (χ0) is 25.1. The molecule has 0 saturated carbocycles. The predicted octanol–water partition coefficient (Wildman–Crippen LogP) is 1.87. The van der Waals surface area contributed by atoms with E-state index >= 15 is 0 Å². The first-order valence-corrected chi connectivity index (χ1v) is 12.0. The molecular formula is C23H18N6O6S. The molecule has 3 heterocycles. The fourth-order valence-corrected chi connectivity index (χ4v) is 4.32. The highest BCUT2D eigenvalue weighted by atomic mass is 32.2. The number of nitrogens with zero attached hydrogens (tertiary/aromatic N) is 4. The minimum atomic E-state index is -3.90. The number of aromatic nitrogens is 4. The average Bonchev–Trinajstić information content (AvgIpc) is 3.34. The van der Waals surface area contributed by atoms with Crippen molar-refractivity contribution in [3.63, 3.8) is 0 Å². The molecule has 0 atom stereocenters. The van der Waals surface area contributed by atoms with Crippen LogP contribution in [0.15, 0.2) is 83.0 Å². The monoisotopic (exact) mass is 506 g/mol. The number of amides is 1. The highest BCUT2D eigenvalue weighted by Gasteiger charge is 2.17. The van der Waals surface area contributed by atoms with Gasteiger partial charge in [-0.2, -0.15) is 0 Å². The van der Waals surface area contributed by atoms with Crippen LogP contribution < -0.4 is 25.1 Å². The Morgan fingerprint density at radius 2 is 1.72 bits per heavy atom. The molecule has 2 aromatic carbocycles. The summed E-state index contributed by atoms with van der Waals surface area (Å²) in [6.07, 6.45) is 4.11. The van der Waals surface area contributed by atoms with Crippen LogP contribution in [0.1, 0.15) is 0 Å². The molecule has 0 saturated heterocycles. The Labute approximate surface area is 204 Å². The van der Waals surface area contributed by atoms with Crippen molar-refractivity contribution < 1.29 is 22.7 Å². The first-order chi connectivity index (χ1) is 17.4. The second-order valence-electron chi connectivity index (χ2n) is 7.56. The van der Waals surface area contributed by atoms with Gasteiger partial charge in [0.15, 0.2) is 11.5 Å². The minimum Gasteiger partial charge on any atom is -0.454 e. The molecule has 5 rings (SSSR count). The zero-order valence-electron chi connectivity index (χ0n) is 18.5. The van der Waals surface area contributed by atoms with Gasteiger partial charge in [0, 0.05) is 29.7 Å². The Morgan fingerprint density at radius 3 is 2.47 bits per heavy atom. The second kappa shape index (κ2) is 9.46. The quantitative estimate of drug-likeness (QED) is 0.382. The largest absolute Gasteiger partial charge is 0.454 e. The highest BCUT2D eigenvalue weighted by Crippen LogP contribution is 2.35. The minimum absolute atomic E-state index is 0.0347. The van der Waals surface area contributed by atoms with E-state index in [1.54, 1.807) is 24.3 Å². The standard InChI is InChI=1S/C23H18N6O6S/c30-21(27-16-3-5-17(6-4-16)36(32,33)28-23-24-8-1-9-25-23)12-29-13-26-18(11-22(29)31)15-2-7-19-20(10-15)35-14-34-19/h1-11,13H,12,14H2,(H,27,30)(H,24,25,28). The maximum absolute atomic E-state index is 12.5. The molecule has 1 aliphatic heterocycles. The van der Waals surface area contributed by atoms with Gasteiger partial charge in [-0.25, -0.2) is 28.1 Å². The van der Waals surface area contributed by atoms with Gasteiger partial charge >= 0.3 is 0 Å². The number of benzene rings is 2. The first kappa shape index (κ1) is 23.0. The summed E-state index contributed by atoms with van der Waals surface area (Å²) >= 11 is 0. The summed E-state index contributed by atoms with van der Waals surface area (Å²) in [7, 11) is -3.90. The normalized spacial score (nSPS) is 12.2. The molecule has 0 fully saturated rings. The van der Waals surface area contributed by atoms with Gasteiger partial charge in [-0.3, -0.25) is 14.2 Å². The number of ether oxygens (including phenoxy) is 2. The van der Waals surface area contributed by atoms with Crippen LogP contribution in [0.4, 0.5) is 11.6 Å². The van der Waals surface area contributed by atoms with E-state index in [2.05, 4.69) is 25.0 Å². The summed E-state index contributed by atoms with van der Waals surface area (Å²) in [6.45, 7) is -0.138. The molecule has 12 nitrogen and oxygen atoms in total. The molecule has 0 aliphatic carbocycles. The molecular weight excluding hydrogens is 488 g/mol. The lowest BCUT2D eigenvalue weighted by atomic mass is 10.1. The van der Waals surface area contributed by atoms with Gasteiger partial charge in [-0.05, 0) is 48.5 Å². The highest BCUT2D eigenvalue weighted by molar-refractivity contribution is 7.92. The summed E-state index contributed by atoms with van der Waals surface area (Å²) < 4.78 is 39.0. The lowest BCUT2D eigenvalue weighted by Gasteiger charge is -2.10. The molecule has 1 aliphatic rings. The number of hydrogen-bond acceptors (Lipinski definition) is 9. The van der Waals surface area contributed by atoms with Gasteiger partial charge < -0.3 is 14.8 Å². The van der Waals surface area contributed by atoms with Gasteiger partial charge in [0.05, 0.1) is 16.9 Å². The summed E-state index contributed by atoms with van der Waals surface area (Å²) in [5.41, 5.74) is 1.05. The maximum Gasteiger partial charge on any atom is 0.264 e. The Bertz CT molecular complexity index is 1590. The van der Waals surface area contributed by atoms with Crippen LogP contribution >= 0.6 is 0 Å². The van der Waals surface area contributed by atoms with Crippen LogP contribution in [-0.2, 0) is 21.4 Å². The molecule has 0 bridgehead atoms. The molecule has 2 aromatic heterocycles. The predicted molar refractivity (Wildman–Crippen MR) is 128 cm³/mol. The van der Waals surface area contributed by atoms with Crippen LogP contribution in [-0.4, -0.2) is 40.6 Å².